The highest BCUT2D eigenvalue weighted by Gasteiger charge is 2.31. The van der Waals surface area contributed by atoms with Crippen LogP contribution in [0.3, 0.4) is 0 Å². The van der Waals surface area contributed by atoms with Crippen molar-refractivity contribution in [1.82, 2.24) is 4.98 Å². The molecule has 0 aliphatic heterocycles. The second kappa shape index (κ2) is 5.78. The summed E-state index contributed by atoms with van der Waals surface area (Å²) in [6, 6.07) is 2.43. The molecule has 7 heteroatoms. The maximum atomic E-state index is 13.6. The van der Waals surface area contributed by atoms with Gasteiger partial charge < -0.3 is 5.32 Å². The lowest BCUT2D eigenvalue weighted by Gasteiger charge is -2.10. The largest absolute Gasteiger partial charge is 0.416 e. The Hall–Kier alpha value is -1.63. The molecule has 0 bridgehead atoms. The summed E-state index contributed by atoms with van der Waals surface area (Å²) in [7, 11) is 0. The fourth-order valence-electron chi connectivity index (χ4n) is 1.60. The minimum atomic E-state index is -4.54. The van der Waals surface area contributed by atoms with Gasteiger partial charge in [-0.3, -0.25) is 0 Å². The van der Waals surface area contributed by atoms with Crippen LogP contribution < -0.4 is 5.32 Å². The van der Waals surface area contributed by atoms with Crippen LogP contribution in [0.4, 0.5) is 23.2 Å². The molecule has 0 aliphatic carbocycles. The molecule has 1 N–H and O–H groups in total. The van der Waals surface area contributed by atoms with Crippen molar-refractivity contribution >= 4 is 17.0 Å². The van der Waals surface area contributed by atoms with Crippen molar-refractivity contribution in [3.63, 3.8) is 0 Å². The van der Waals surface area contributed by atoms with Gasteiger partial charge in [-0.15, -0.1) is 11.3 Å². The molecule has 2 aromatic rings. The van der Waals surface area contributed by atoms with Gasteiger partial charge in [0, 0.05) is 11.1 Å². The normalized spacial score (nSPS) is 11.7. The number of thiazole rings is 1. The molecule has 1 aromatic carbocycles. The molecule has 108 valence electrons. The Morgan fingerprint density at radius 3 is 2.60 bits per heavy atom. The first-order valence-corrected chi connectivity index (χ1v) is 6.76. The zero-order valence-corrected chi connectivity index (χ0v) is 11.4. The average molecular weight is 304 g/mol. The first-order valence-electron chi connectivity index (χ1n) is 5.94. The van der Waals surface area contributed by atoms with Gasteiger partial charge in [0.1, 0.15) is 10.8 Å². The number of hydrogen-bond acceptors (Lipinski definition) is 3. The molecule has 2 nitrogen and oxygen atoms in total. The fourth-order valence-corrected chi connectivity index (χ4v) is 2.40. The van der Waals surface area contributed by atoms with Gasteiger partial charge in [-0.1, -0.05) is 6.92 Å². The number of anilines is 1. The van der Waals surface area contributed by atoms with Crippen molar-refractivity contribution in [2.45, 2.75) is 26.1 Å². The van der Waals surface area contributed by atoms with E-state index in [9.17, 15) is 17.6 Å². The molecule has 0 saturated carbocycles. The lowest BCUT2D eigenvalue weighted by atomic mass is 10.2. The van der Waals surface area contributed by atoms with Crippen LogP contribution in [0, 0.1) is 5.82 Å². The number of nitrogens with zero attached hydrogens (tertiary/aromatic N) is 1. The maximum Gasteiger partial charge on any atom is 0.416 e. The van der Waals surface area contributed by atoms with Crippen molar-refractivity contribution in [3.8, 4) is 0 Å². The molecular weight excluding hydrogens is 292 g/mol. The first kappa shape index (κ1) is 14.8. The van der Waals surface area contributed by atoms with Crippen molar-refractivity contribution in [2.24, 2.45) is 0 Å². The second-order valence-electron chi connectivity index (χ2n) is 4.12. The molecule has 2 rings (SSSR count). The topological polar surface area (TPSA) is 24.9 Å². The standard InChI is InChI=1S/C13H12F4N2S/c1-2-9-6-19-12(20-9)7-18-11-4-3-8(5-10(11)14)13(15,16)17/h3-6,18H,2,7H2,1H3. The minimum absolute atomic E-state index is 0.0336. The Labute approximate surface area is 117 Å². The monoisotopic (exact) mass is 304 g/mol. The van der Waals surface area contributed by atoms with Crippen molar-refractivity contribution in [3.05, 3.63) is 45.7 Å². The van der Waals surface area contributed by atoms with E-state index in [-0.39, 0.29) is 12.2 Å². The smallest absolute Gasteiger partial charge is 0.376 e. The molecule has 1 aromatic heterocycles. The molecule has 0 atom stereocenters. The minimum Gasteiger partial charge on any atom is -0.376 e. The number of aryl methyl sites for hydroxylation is 1. The summed E-state index contributed by atoms with van der Waals surface area (Å²) < 4.78 is 50.8. The second-order valence-corrected chi connectivity index (χ2v) is 5.32. The third-order valence-electron chi connectivity index (χ3n) is 2.68. The predicted molar refractivity (Wildman–Crippen MR) is 70.2 cm³/mol. The van der Waals surface area contributed by atoms with E-state index in [0.29, 0.717) is 6.07 Å². The van der Waals surface area contributed by atoms with Gasteiger partial charge in [-0.2, -0.15) is 13.2 Å². The summed E-state index contributed by atoms with van der Waals surface area (Å²) in [6.45, 7) is 2.28. The third-order valence-corrected chi connectivity index (χ3v) is 3.82. The average Bonchev–Trinajstić information content (AvgIpc) is 2.84. The molecule has 0 unspecified atom stereocenters. The van der Waals surface area contributed by atoms with Gasteiger partial charge in [-0.05, 0) is 24.6 Å². The SMILES string of the molecule is CCc1cnc(CNc2ccc(C(F)(F)F)cc2F)s1. The van der Waals surface area contributed by atoms with E-state index >= 15 is 0 Å². The van der Waals surface area contributed by atoms with Gasteiger partial charge in [-0.25, -0.2) is 9.37 Å². The number of benzene rings is 1. The van der Waals surface area contributed by atoms with Crippen molar-refractivity contribution in [2.75, 3.05) is 5.32 Å². The highest BCUT2D eigenvalue weighted by atomic mass is 32.1. The molecule has 0 saturated heterocycles. The van der Waals surface area contributed by atoms with E-state index in [1.54, 1.807) is 6.20 Å². The van der Waals surface area contributed by atoms with E-state index in [2.05, 4.69) is 10.3 Å². The summed E-state index contributed by atoms with van der Waals surface area (Å²) >= 11 is 1.49. The summed E-state index contributed by atoms with van der Waals surface area (Å²) in [5.41, 5.74) is -0.964. The fraction of sp³-hybridized carbons (Fsp3) is 0.308. The highest BCUT2D eigenvalue weighted by molar-refractivity contribution is 7.11. The molecule has 0 aliphatic rings. The Morgan fingerprint density at radius 1 is 1.30 bits per heavy atom. The van der Waals surface area contributed by atoms with Gasteiger partial charge in [0.05, 0.1) is 17.8 Å². The van der Waals surface area contributed by atoms with E-state index < -0.39 is 17.6 Å². The van der Waals surface area contributed by atoms with Crippen LogP contribution in [-0.2, 0) is 19.1 Å². The molecule has 20 heavy (non-hydrogen) atoms. The molecule has 0 spiro atoms. The number of hydrogen-bond donors (Lipinski definition) is 1. The summed E-state index contributed by atoms with van der Waals surface area (Å²) in [6.07, 6.45) is -1.93. The zero-order chi connectivity index (χ0) is 14.8. The molecular formula is C13H12F4N2S. The Morgan fingerprint density at radius 2 is 2.05 bits per heavy atom. The Balaban J connectivity index is 2.06. The summed E-state index contributed by atoms with van der Waals surface area (Å²) in [5, 5.41) is 3.52. The molecule has 1 heterocycles. The molecule has 0 fully saturated rings. The van der Waals surface area contributed by atoms with Crippen LogP contribution in [0.2, 0.25) is 0 Å². The van der Waals surface area contributed by atoms with Crippen LogP contribution in [0.1, 0.15) is 22.4 Å². The lowest BCUT2D eigenvalue weighted by Crippen LogP contribution is -2.07. The number of rotatable bonds is 4. The van der Waals surface area contributed by atoms with Crippen LogP contribution in [-0.4, -0.2) is 4.98 Å². The Bertz CT molecular complexity index is 592. The van der Waals surface area contributed by atoms with Gasteiger partial charge >= 0.3 is 6.18 Å². The molecule has 0 amide bonds. The van der Waals surface area contributed by atoms with E-state index in [4.69, 9.17) is 0 Å². The van der Waals surface area contributed by atoms with Crippen LogP contribution in [0.25, 0.3) is 0 Å². The van der Waals surface area contributed by atoms with Crippen LogP contribution in [0.15, 0.2) is 24.4 Å². The number of alkyl halides is 3. The summed E-state index contributed by atoms with van der Waals surface area (Å²) in [5.74, 6) is -0.924. The highest BCUT2D eigenvalue weighted by Crippen LogP contribution is 2.31. The number of halogens is 4. The number of aromatic nitrogens is 1. The predicted octanol–water partition coefficient (Wildman–Crippen LogP) is 4.48. The lowest BCUT2D eigenvalue weighted by molar-refractivity contribution is -0.137. The van der Waals surface area contributed by atoms with E-state index in [1.807, 2.05) is 6.92 Å². The Kier molecular flexibility index (Phi) is 4.27. The zero-order valence-electron chi connectivity index (χ0n) is 10.6. The maximum absolute atomic E-state index is 13.6. The quantitative estimate of drug-likeness (QED) is 0.843. The van der Waals surface area contributed by atoms with E-state index in [1.165, 1.54) is 11.3 Å². The number of nitrogens with one attached hydrogen (secondary N) is 1. The van der Waals surface area contributed by atoms with Crippen LogP contribution in [0.5, 0.6) is 0 Å². The van der Waals surface area contributed by atoms with E-state index in [0.717, 1.165) is 28.4 Å². The van der Waals surface area contributed by atoms with Gasteiger partial charge in [0.15, 0.2) is 0 Å². The van der Waals surface area contributed by atoms with Crippen molar-refractivity contribution in [1.29, 1.82) is 0 Å². The van der Waals surface area contributed by atoms with Gasteiger partial charge in [0.2, 0.25) is 0 Å². The molecule has 0 radical (unpaired) electrons. The summed E-state index contributed by atoms with van der Waals surface area (Å²) in [4.78, 5) is 5.25. The van der Waals surface area contributed by atoms with Gasteiger partial charge in [0.25, 0.3) is 0 Å². The third kappa shape index (κ3) is 3.47. The first-order chi connectivity index (χ1) is 9.40. The van der Waals surface area contributed by atoms with Crippen molar-refractivity contribution < 1.29 is 17.6 Å². The van der Waals surface area contributed by atoms with Crippen LogP contribution >= 0.6 is 11.3 Å².